The van der Waals surface area contributed by atoms with Crippen LogP contribution in [0.25, 0.3) is 0 Å². The highest BCUT2D eigenvalue weighted by Crippen LogP contribution is 2.15. The van der Waals surface area contributed by atoms with Crippen molar-refractivity contribution in [2.45, 2.75) is 46.6 Å². The molecular formula is C17H27NO3. The highest BCUT2D eigenvalue weighted by molar-refractivity contribution is 5.71. The van der Waals surface area contributed by atoms with Crippen LogP contribution in [0, 0.1) is 0 Å². The van der Waals surface area contributed by atoms with Crippen molar-refractivity contribution in [3.05, 3.63) is 35.4 Å². The first-order chi connectivity index (χ1) is 10.0. The van der Waals surface area contributed by atoms with Gasteiger partial charge >= 0.3 is 0 Å². The number of nitrogens with zero attached hydrogens (tertiary/aromatic N) is 1. The van der Waals surface area contributed by atoms with Crippen molar-refractivity contribution in [1.29, 1.82) is 0 Å². The van der Waals surface area contributed by atoms with Crippen LogP contribution >= 0.6 is 0 Å². The van der Waals surface area contributed by atoms with Crippen molar-refractivity contribution in [1.82, 2.24) is 5.06 Å². The van der Waals surface area contributed by atoms with E-state index in [9.17, 15) is 4.79 Å². The van der Waals surface area contributed by atoms with E-state index in [-0.39, 0.29) is 5.91 Å². The molecule has 0 bridgehead atoms. The largest absolute Gasteiger partial charge is 0.382 e. The van der Waals surface area contributed by atoms with Gasteiger partial charge in [0.1, 0.15) is 6.61 Å². The van der Waals surface area contributed by atoms with Crippen LogP contribution in [0.5, 0.6) is 0 Å². The van der Waals surface area contributed by atoms with Gasteiger partial charge < -0.3 is 4.74 Å². The summed E-state index contributed by atoms with van der Waals surface area (Å²) < 4.78 is 5.27. The van der Waals surface area contributed by atoms with Crippen molar-refractivity contribution in [3.63, 3.8) is 0 Å². The molecule has 0 saturated heterocycles. The highest BCUT2D eigenvalue weighted by atomic mass is 16.7. The summed E-state index contributed by atoms with van der Waals surface area (Å²) in [6.45, 7) is 10.1. The third kappa shape index (κ3) is 6.74. The van der Waals surface area contributed by atoms with E-state index in [2.05, 4.69) is 26.0 Å². The Morgan fingerprint density at radius 2 is 1.90 bits per heavy atom. The first kappa shape index (κ1) is 17.7. The summed E-state index contributed by atoms with van der Waals surface area (Å²) in [6, 6.07) is 8.31. The lowest BCUT2D eigenvalue weighted by Crippen LogP contribution is -2.30. The number of amides is 1. The lowest BCUT2D eigenvalue weighted by atomic mass is 10.0. The summed E-state index contributed by atoms with van der Waals surface area (Å²) in [4.78, 5) is 17.1. The van der Waals surface area contributed by atoms with Gasteiger partial charge in [-0.05, 0) is 30.4 Å². The first-order valence-corrected chi connectivity index (χ1v) is 7.62. The number of ether oxygens (including phenoxy) is 1. The third-order valence-corrected chi connectivity index (χ3v) is 3.24. The summed E-state index contributed by atoms with van der Waals surface area (Å²) in [5, 5.41) is 1.41. The van der Waals surface area contributed by atoms with Gasteiger partial charge in [-0.25, -0.2) is 5.06 Å². The number of hydroxylamine groups is 2. The minimum absolute atomic E-state index is 0.0784. The predicted molar refractivity (Wildman–Crippen MR) is 83.8 cm³/mol. The van der Waals surface area contributed by atoms with Gasteiger partial charge in [0.2, 0.25) is 5.91 Å². The smallest absolute Gasteiger partial charge is 0.243 e. The van der Waals surface area contributed by atoms with Gasteiger partial charge in [-0.15, -0.1) is 0 Å². The van der Waals surface area contributed by atoms with Gasteiger partial charge in [-0.2, -0.15) is 0 Å². The molecular weight excluding hydrogens is 266 g/mol. The predicted octanol–water partition coefficient (Wildman–Crippen LogP) is 3.52. The average molecular weight is 293 g/mol. The fourth-order valence-corrected chi connectivity index (χ4v) is 1.92. The average Bonchev–Trinajstić information content (AvgIpc) is 2.46. The monoisotopic (exact) mass is 293 g/mol. The molecule has 0 aliphatic carbocycles. The SMILES string of the molecule is CCOCCCN(OCc1ccc(C(C)C)cc1)C(C)=O. The minimum atomic E-state index is -0.0784. The zero-order valence-electron chi connectivity index (χ0n) is 13.6. The zero-order chi connectivity index (χ0) is 15.7. The molecule has 0 aromatic heterocycles. The Labute approximate surface area is 128 Å². The molecule has 4 heteroatoms. The Kier molecular flexibility index (Phi) is 8.01. The van der Waals surface area contributed by atoms with Gasteiger partial charge in [-0.3, -0.25) is 9.63 Å². The second kappa shape index (κ2) is 9.53. The Bertz CT molecular complexity index is 415. The lowest BCUT2D eigenvalue weighted by molar-refractivity contribution is -0.190. The van der Waals surface area contributed by atoms with Gasteiger partial charge in [0, 0.05) is 20.1 Å². The summed E-state index contributed by atoms with van der Waals surface area (Å²) in [7, 11) is 0. The van der Waals surface area contributed by atoms with Gasteiger partial charge in [0.15, 0.2) is 0 Å². The summed E-state index contributed by atoms with van der Waals surface area (Å²) in [5.74, 6) is 0.442. The maximum Gasteiger partial charge on any atom is 0.243 e. The number of carbonyl (C=O) groups is 1. The number of hydrogen-bond acceptors (Lipinski definition) is 3. The molecule has 0 aliphatic rings. The van der Waals surface area contributed by atoms with E-state index >= 15 is 0 Å². The molecule has 118 valence electrons. The molecule has 0 atom stereocenters. The molecule has 1 aromatic carbocycles. The van der Waals surface area contributed by atoms with Crippen molar-refractivity contribution in [2.24, 2.45) is 0 Å². The fraction of sp³-hybridized carbons (Fsp3) is 0.588. The molecule has 0 N–H and O–H groups in total. The third-order valence-electron chi connectivity index (χ3n) is 3.24. The van der Waals surface area contributed by atoms with Crippen LogP contribution in [-0.2, 0) is 21.0 Å². The number of rotatable bonds is 9. The molecule has 0 spiro atoms. The topological polar surface area (TPSA) is 38.8 Å². The number of hydrogen-bond donors (Lipinski definition) is 0. The molecule has 0 heterocycles. The van der Waals surface area contributed by atoms with Crippen LogP contribution in [0.2, 0.25) is 0 Å². The second-order valence-electron chi connectivity index (χ2n) is 5.34. The maximum atomic E-state index is 11.5. The molecule has 1 rings (SSSR count). The molecule has 0 unspecified atom stereocenters. The molecule has 1 aromatic rings. The van der Waals surface area contributed by atoms with E-state index in [0.29, 0.717) is 32.3 Å². The quantitative estimate of drug-likeness (QED) is 0.516. The minimum Gasteiger partial charge on any atom is -0.382 e. The normalized spacial score (nSPS) is 10.9. The van der Waals surface area contributed by atoms with Crippen LogP contribution in [0.15, 0.2) is 24.3 Å². The Morgan fingerprint density at radius 1 is 1.24 bits per heavy atom. The molecule has 0 saturated carbocycles. The number of carbonyl (C=O) groups excluding carboxylic acids is 1. The van der Waals surface area contributed by atoms with Crippen molar-refractivity contribution in [2.75, 3.05) is 19.8 Å². The molecule has 0 radical (unpaired) electrons. The van der Waals surface area contributed by atoms with Crippen LogP contribution in [0.3, 0.4) is 0 Å². The van der Waals surface area contributed by atoms with Crippen molar-refractivity contribution < 1.29 is 14.4 Å². The Balaban J connectivity index is 2.43. The molecule has 0 aliphatic heterocycles. The van der Waals surface area contributed by atoms with Gasteiger partial charge in [0.05, 0.1) is 6.54 Å². The highest BCUT2D eigenvalue weighted by Gasteiger charge is 2.09. The summed E-state index contributed by atoms with van der Waals surface area (Å²) in [5.41, 5.74) is 2.37. The van der Waals surface area contributed by atoms with Crippen molar-refractivity contribution >= 4 is 5.91 Å². The summed E-state index contributed by atoms with van der Waals surface area (Å²) >= 11 is 0. The second-order valence-corrected chi connectivity index (χ2v) is 5.34. The lowest BCUT2D eigenvalue weighted by Gasteiger charge is -2.20. The fourth-order valence-electron chi connectivity index (χ4n) is 1.92. The van der Waals surface area contributed by atoms with Crippen molar-refractivity contribution in [3.8, 4) is 0 Å². The van der Waals surface area contributed by atoms with Gasteiger partial charge in [0.25, 0.3) is 0 Å². The number of benzene rings is 1. The van der Waals surface area contributed by atoms with E-state index in [1.165, 1.54) is 17.6 Å². The van der Waals surface area contributed by atoms with Crippen LogP contribution in [0.4, 0.5) is 0 Å². The van der Waals surface area contributed by atoms with Crippen LogP contribution < -0.4 is 0 Å². The molecule has 0 fully saturated rings. The molecule has 21 heavy (non-hydrogen) atoms. The first-order valence-electron chi connectivity index (χ1n) is 7.62. The van der Waals surface area contributed by atoms with E-state index in [1.807, 2.05) is 19.1 Å². The molecule has 4 nitrogen and oxygen atoms in total. The van der Waals surface area contributed by atoms with E-state index < -0.39 is 0 Å². The maximum absolute atomic E-state index is 11.5. The Morgan fingerprint density at radius 3 is 2.43 bits per heavy atom. The standard InChI is InChI=1S/C17H27NO3/c1-5-20-12-6-11-18(15(4)19)21-13-16-7-9-17(10-8-16)14(2)3/h7-10,14H,5-6,11-13H2,1-4H3. The van der Waals surface area contributed by atoms with Gasteiger partial charge in [-0.1, -0.05) is 38.1 Å². The van der Waals surface area contributed by atoms with Crippen LogP contribution in [0.1, 0.15) is 51.2 Å². The van der Waals surface area contributed by atoms with E-state index in [4.69, 9.17) is 9.57 Å². The van der Waals surface area contributed by atoms with E-state index in [0.717, 1.165) is 12.0 Å². The van der Waals surface area contributed by atoms with Crippen LogP contribution in [-0.4, -0.2) is 30.7 Å². The molecule has 1 amide bonds. The summed E-state index contributed by atoms with van der Waals surface area (Å²) in [6.07, 6.45) is 0.777. The zero-order valence-corrected chi connectivity index (χ0v) is 13.6. The van der Waals surface area contributed by atoms with E-state index in [1.54, 1.807) is 0 Å². The Hall–Kier alpha value is -1.39.